The number of rotatable bonds is 77. The Bertz CT molecular complexity index is 1810. The number of aliphatic hydroxyl groups is 1. The van der Waals surface area contributed by atoms with Crippen LogP contribution in [0, 0.1) is 0 Å². The predicted molar refractivity (Wildman–Crippen MR) is 386 cm³/mol. The maximum atomic E-state index is 13.1. The van der Waals surface area contributed by atoms with Crippen LogP contribution in [0.2, 0.25) is 0 Å². The third-order valence-corrected chi connectivity index (χ3v) is 19.8. The lowest BCUT2D eigenvalue weighted by atomic mass is 10.0. The molecular formula is C76H148O17P2. The molecule has 0 aromatic carbocycles. The van der Waals surface area contributed by atoms with Gasteiger partial charge in [0.2, 0.25) is 0 Å². The molecule has 3 unspecified atom stereocenters. The first kappa shape index (κ1) is 93.1. The van der Waals surface area contributed by atoms with Crippen molar-refractivity contribution in [2.24, 2.45) is 0 Å². The number of ether oxygens (including phenoxy) is 4. The van der Waals surface area contributed by atoms with Crippen molar-refractivity contribution in [3.8, 4) is 0 Å². The largest absolute Gasteiger partial charge is 0.472 e. The number of esters is 4. The summed E-state index contributed by atoms with van der Waals surface area (Å²) < 4.78 is 68.5. The third-order valence-electron chi connectivity index (χ3n) is 17.9. The molecule has 0 aliphatic rings. The van der Waals surface area contributed by atoms with Crippen LogP contribution < -0.4 is 0 Å². The Morgan fingerprint density at radius 1 is 0.253 bits per heavy atom. The average Bonchev–Trinajstić information content (AvgIpc) is 3.77. The van der Waals surface area contributed by atoms with Crippen molar-refractivity contribution in [1.82, 2.24) is 0 Å². The lowest BCUT2D eigenvalue weighted by Gasteiger charge is -2.21. The van der Waals surface area contributed by atoms with Crippen LogP contribution in [0.3, 0.4) is 0 Å². The number of carbonyl (C=O) groups excluding carboxylic acids is 4. The van der Waals surface area contributed by atoms with Crippen molar-refractivity contribution >= 4 is 39.5 Å². The molecule has 0 heterocycles. The smallest absolute Gasteiger partial charge is 0.462 e. The van der Waals surface area contributed by atoms with Crippen LogP contribution in [0.4, 0.5) is 0 Å². The summed E-state index contributed by atoms with van der Waals surface area (Å²) in [6, 6.07) is 0. The Morgan fingerprint density at radius 3 is 0.621 bits per heavy atom. The van der Waals surface area contributed by atoms with Gasteiger partial charge >= 0.3 is 39.5 Å². The van der Waals surface area contributed by atoms with Crippen LogP contribution in [-0.4, -0.2) is 96.7 Å². The van der Waals surface area contributed by atoms with Gasteiger partial charge in [-0.05, 0) is 25.7 Å². The number of carbonyl (C=O) groups is 4. The lowest BCUT2D eigenvalue weighted by molar-refractivity contribution is -0.161. The van der Waals surface area contributed by atoms with Gasteiger partial charge < -0.3 is 33.8 Å². The van der Waals surface area contributed by atoms with Crippen LogP contribution in [0.5, 0.6) is 0 Å². The van der Waals surface area contributed by atoms with Crippen LogP contribution in [-0.2, 0) is 65.4 Å². The Labute approximate surface area is 581 Å². The van der Waals surface area contributed by atoms with Crippen LogP contribution in [0.15, 0.2) is 0 Å². The highest BCUT2D eigenvalue weighted by molar-refractivity contribution is 7.47. The molecule has 5 atom stereocenters. The number of hydrogen-bond acceptors (Lipinski definition) is 15. The van der Waals surface area contributed by atoms with E-state index in [1.54, 1.807) is 0 Å². The van der Waals surface area contributed by atoms with E-state index in [0.717, 1.165) is 89.9 Å². The van der Waals surface area contributed by atoms with Crippen molar-refractivity contribution < 1.29 is 80.2 Å². The molecule has 17 nitrogen and oxygen atoms in total. The fourth-order valence-corrected chi connectivity index (χ4v) is 13.3. The van der Waals surface area contributed by atoms with Crippen molar-refractivity contribution in [2.75, 3.05) is 39.6 Å². The van der Waals surface area contributed by atoms with Gasteiger partial charge in [-0.15, -0.1) is 0 Å². The molecule has 564 valence electrons. The fourth-order valence-electron chi connectivity index (χ4n) is 11.8. The maximum Gasteiger partial charge on any atom is 0.472 e. The zero-order chi connectivity index (χ0) is 69.7. The molecule has 3 N–H and O–H groups in total. The predicted octanol–water partition coefficient (Wildman–Crippen LogP) is 22.6. The van der Waals surface area contributed by atoms with E-state index in [1.165, 1.54) is 238 Å². The van der Waals surface area contributed by atoms with Gasteiger partial charge in [0.25, 0.3) is 0 Å². The Balaban J connectivity index is 5.22. The summed E-state index contributed by atoms with van der Waals surface area (Å²) in [7, 11) is -9.91. The molecule has 0 aliphatic heterocycles. The Morgan fingerprint density at radius 2 is 0.421 bits per heavy atom. The number of unbranched alkanes of at least 4 members (excludes halogenated alkanes) is 51. The van der Waals surface area contributed by atoms with Gasteiger partial charge in [0.1, 0.15) is 19.3 Å². The minimum absolute atomic E-state index is 0.108. The van der Waals surface area contributed by atoms with E-state index in [4.69, 9.17) is 37.0 Å². The van der Waals surface area contributed by atoms with E-state index in [0.29, 0.717) is 25.7 Å². The summed E-state index contributed by atoms with van der Waals surface area (Å²) in [6.45, 7) is 4.99. The van der Waals surface area contributed by atoms with Gasteiger partial charge in [-0.3, -0.25) is 37.3 Å². The molecule has 0 fully saturated rings. The molecule has 95 heavy (non-hydrogen) atoms. The van der Waals surface area contributed by atoms with Crippen LogP contribution >= 0.6 is 15.6 Å². The molecule has 0 radical (unpaired) electrons. The first-order chi connectivity index (χ1) is 46.2. The molecule has 0 amide bonds. The second-order valence-corrected chi connectivity index (χ2v) is 30.3. The van der Waals surface area contributed by atoms with E-state index in [-0.39, 0.29) is 25.7 Å². The number of phosphoric ester groups is 2. The van der Waals surface area contributed by atoms with Crippen molar-refractivity contribution in [1.29, 1.82) is 0 Å². The quantitative estimate of drug-likeness (QED) is 0.0222. The number of aliphatic hydroxyl groups excluding tert-OH is 1. The molecule has 0 saturated heterocycles. The molecule has 0 aromatic rings. The third kappa shape index (κ3) is 70.3. The first-order valence-corrected chi connectivity index (χ1v) is 42.8. The van der Waals surface area contributed by atoms with Gasteiger partial charge in [-0.2, -0.15) is 0 Å². The number of phosphoric acid groups is 2. The SMILES string of the molecule is CCCCCCCCCCCCCCCCCCCCCC(=O)O[C@H](COC(=O)CCCCCCCCCCCCCC)COP(=O)(O)OCC(O)COP(=O)(O)OC[C@@H](COC(=O)CCCCCCCCCCCCCC)OC(=O)CCCCCCCCCCCCCC. The summed E-state index contributed by atoms with van der Waals surface area (Å²) in [5.41, 5.74) is 0. The van der Waals surface area contributed by atoms with Crippen molar-refractivity contribution in [3.05, 3.63) is 0 Å². The minimum atomic E-state index is -4.95. The summed E-state index contributed by atoms with van der Waals surface area (Å²) in [5.74, 6) is -2.11. The maximum absolute atomic E-state index is 13.1. The Kier molecular flexibility index (Phi) is 69.1. The van der Waals surface area contributed by atoms with Crippen LogP contribution in [0.25, 0.3) is 0 Å². The van der Waals surface area contributed by atoms with E-state index in [1.807, 2.05) is 0 Å². The van der Waals surface area contributed by atoms with Crippen LogP contribution in [0.1, 0.15) is 407 Å². The molecule has 0 aliphatic carbocycles. The molecule has 0 saturated carbocycles. The van der Waals surface area contributed by atoms with Gasteiger partial charge in [-0.25, -0.2) is 9.13 Å². The van der Waals surface area contributed by atoms with E-state index in [9.17, 15) is 43.2 Å². The second kappa shape index (κ2) is 70.5. The van der Waals surface area contributed by atoms with Gasteiger partial charge in [0, 0.05) is 25.7 Å². The molecule has 0 spiro atoms. The zero-order valence-corrected chi connectivity index (χ0v) is 63.4. The first-order valence-electron chi connectivity index (χ1n) is 39.8. The van der Waals surface area contributed by atoms with Gasteiger partial charge in [-0.1, -0.05) is 355 Å². The average molecular weight is 1400 g/mol. The van der Waals surface area contributed by atoms with E-state index < -0.39 is 97.5 Å². The Hall–Kier alpha value is -1.94. The highest BCUT2D eigenvalue weighted by atomic mass is 31.2. The summed E-state index contributed by atoms with van der Waals surface area (Å²) in [5, 5.41) is 10.6. The molecule has 19 heteroatoms. The summed E-state index contributed by atoms with van der Waals surface area (Å²) in [4.78, 5) is 72.8. The van der Waals surface area contributed by atoms with Crippen molar-refractivity contribution in [3.63, 3.8) is 0 Å². The highest BCUT2D eigenvalue weighted by Crippen LogP contribution is 2.45. The molecular weight excluding hydrogens is 1250 g/mol. The van der Waals surface area contributed by atoms with Crippen molar-refractivity contribution in [2.45, 2.75) is 425 Å². The normalized spacial score (nSPS) is 13.9. The number of hydrogen-bond donors (Lipinski definition) is 3. The van der Waals surface area contributed by atoms with E-state index >= 15 is 0 Å². The molecule has 0 rings (SSSR count). The second-order valence-electron chi connectivity index (χ2n) is 27.4. The molecule has 0 aromatic heterocycles. The van der Waals surface area contributed by atoms with Gasteiger partial charge in [0.15, 0.2) is 12.2 Å². The summed E-state index contributed by atoms with van der Waals surface area (Å²) >= 11 is 0. The fraction of sp³-hybridized carbons (Fsp3) is 0.947. The van der Waals surface area contributed by atoms with Gasteiger partial charge in [0.05, 0.1) is 26.4 Å². The standard InChI is InChI=1S/C76H148O17P2/c1-5-9-13-17-21-25-29-33-34-35-36-37-38-39-43-47-51-55-59-63-76(81)93-72(67-87-74(79)61-57-53-49-45-41-31-27-23-19-15-11-7-3)69-91-95(84,85)89-65-70(77)64-88-94(82,83)90-68-71(92-75(80)62-58-54-50-46-42-32-28-24-20-16-12-8-4)66-86-73(78)60-56-52-48-44-40-30-26-22-18-14-10-6-2/h70-72,77H,5-69H2,1-4H3,(H,82,83)(H,84,85)/t70?,71-,72-/m1/s1. The molecule has 0 bridgehead atoms. The zero-order valence-electron chi connectivity index (χ0n) is 61.6. The highest BCUT2D eigenvalue weighted by Gasteiger charge is 2.30. The summed E-state index contributed by atoms with van der Waals surface area (Å²) in [6.07, 6.45) is 60.9. The minimum Gasteiger partial charge on any atom is -0.462 e. The lowest BCUT2D eigenvalue weighted by Crippen LogP contribution is -2.30. The monoisotopic (exact) mass is 1400 g/mol. The van der Waals surface area contributed by atoms with E-state index in [2.05, 4.69) is 27.7 Å². The topological polar surface area (TPSA) is 237 Å².